The number of hydrogen-bond donors (Lipinski definition) is 2. The van der Waals surface area contributed by atoms with Gasteiger partial charge in [-0.3, -0.25) is 0 Å². The number of hydrogen-bond acceptors (Lipinski definition) is 3. The van der Waals surface area contributed by atoms with Crippen molar-refractivity contribution >= 4 is 15.9 Å². The lowest BCUT2D eigenvalue weighted by Crippen LogP contribution is -2.05. The highest BCUT2D eigenvalue weighted by molar-refractivity contribution is 9.10. The molecule has 13 heavy (non-hydrogen) atoms. The number of rotatable bonds is 2. The zero-order chi connectivity index (χ0) is 10.0. The summed E-state index contributed by atoms with van der Waals surface area (Å²) in [6, 6.07) is 3.19. The molecule has 1 aromatic rings. The maximum atomic E-state index is 9.46. The average molecular weight is 246 g/mol. The summed E-state index contributed by atoms with van der Waals surface area (Å²) < 4.78 is 5.78. The van der Waals surface area contributed by atoms with Crippen LogP contribution in [-0.2, 0) is 0 Å². The van der Waals surface area contributed by atoms with Crippen molar-refractivity contribution in [3.05, 3.63) is 22.2 Å². The standard InChI is InChI=1S/C9H12BrNO2/c1-5(11)6-3-8(12)9(13-2)4-7(6)10/h3-5,12H,11H2,1-2H3. The average Bonchev–Trinajstić information content (AvgIpc) is 2.07. The number of benzene rings is 1. The van der Waals surface area contributed by atoms with E-state index in [1.165, 1.54) is 7.11 Å². The van der Waals surface area contributed by atoms with Crippen LogP contribution < -0.4 is 10.5 Å². The van der Waals surface area contributed by atoms with Gasteiger partial charge in [0.1, 0.15) is 0 Å². The summed E-state index contributed by atoms with van der Waals surface area (Å²) in [7, 11) is 1.51. The minimum atomic E-state index is -0.119. The lowest BCUT2D eigenvalue weighted by atomic mass is 10.1. The number of phenols is 1. The maximum absolute atomic E-state index is 9.46. The fraction of sp³-hybridized carbons (Fsp3) is 0.333. The second kappa shape index (κ2) is 3.98. The van der Waals surface area contributed by atoms with E-state index in [-0.39, 0.29) is 11.8 Å². The fourth-order valence-electron chi connectivity index (χ4n) is 1.07. The van der Waals surface area contributed by atoms with E-state index in [1.807, 2.05) is 6.92 Å². The Labute approximate surface area is 85.6 Å². The zero-order valence-electron chi connectivity index (χ0n) is 7.54. The van der Waals surface area contributed by atoms with Crippen LogP contribution in [0.3, 0.4) is 0 Å². The summed E-state index contributed by atoms with van der Waals surface area (Å²) in [4.78, 5) is 0. The highest BCUT2D eigenvalue weighted by Crippen LogP contribution is 2.34. The summed E-state index contributed by atoms with van der Waals surface area (Å²) in [5.41, 5.74) is 6.55. The van der Waals surface area contributed by atoms with Gasteiger partial charge in [0.15, 0.2) is 11.5 Å². The first-order valence-electron chi connectivity index (χ1n) is 3.88. The molecule has 0 aliphatic carbocycles. The van der Waals surface area contributed by atoms with Crippen LogP contribution in [0, 0.1) is 0 Å². The monoisotopic (exact) mass is 245 g/mol. The number of phenolic OH excluding ortho intramolecular Hbond substituents is 1. The van der Waals surface area contributed by atoms with Crippen LogP contribution in [0.2, 0.25) is 0 Å². The Balaban J connectivity index is 3.20. The van der Waals surface area contributed by atoms with E-state index in [9.17, 15) is 5.11 Å². The summed E-state index contributed by atoms with van der Waals surface area (Å²) in [5, 5.41) is 9.46. The fourth-order valence-corrected chi connectivity index (χ4v) is 1.76. The molecule has 1 rings (SSSR count). The maximum Gasteiger partial charge on any atom is 0.161 e. The Morgan fingerprint density at radius 3 is 2.62 bits per heavy atom. The molecule has 0 spiro atoms. The molecule has 0 bridgehead atoms. The molecule has 3 nitrogen and oxygen atoms in total. The summed E-state index contributed by atoms with van der Waals surface area (Å²) in [6.45, 7) is 1.85. The summed E-state index contributed by atoms with van der Waals surface area (Å²) in [5.74, 6) is 0.550. The molecule has 0 amide bonds. The molecule has 0 saturated carbocycles. The Kier molecular flexibility index (Phi) is 3.17. The van der Waals surface area contributed by atoms with Gasteiger partial charge >= 0.3 is 0 Å². The van der Waals surface area contributed by atoms with Gasteiger partial charge in [-0.05, 0) is 24.6 Å². The van der Waals surface area contributed by atoms with Crippen molar-refractivity contribution in [1.29, 1.82) is 0 Å². The molecule has 72 valence electrons. The van der Waals surface area contributed by atoms with Gasteiger partial charge in [0, 0.05) is 10.5 Å². The predicted molar refractivity (Wildman–Crippen MR) is 55.0 cm³/mol. The number of aromatic hydroxyl groups is 1. The molecular weight excluding hydrogens is 234 g/mol. The molecular formula is C9H12BrNO2. The number of halogens is 1. The first-order valence-corrected chi connectivity index (χ1v) is 4.67. The molecule has 0 aromatic heterocycles. The van der Waals surface area contributed by atoms with Crippen molar-refractivity contribution in [2.75, 3.05) is 7.11 Å². The molecule has 0 fully saturated rings. The predicted octanol–water partition coefficient (Wildman–Crippen LogP) is 2.18. The van der Waals surface area contributed by atoms with Crippen LogP contribution >= 0.6 is 15.9 Å². The molecule has 1 atom stereocenters. The van der Waals surface area contributed by atoms with Gasteiger partial charge in [-0.25, -0.2) is 0 Å². The molecule has 0 saturated heterocycles. The second-order valence-corrected chi connectivity index (χ2v) is 3.69. The lowest BCUT2D eigenvalue weighted by molar-refractivity contribution is 0.372. The van der Waals surface area contributed by atoms with Crippen LogP contribution in [0.25, 0.3) is 0 Å². The number of ether oxygens (including phenoxy) is 1. The van der Waals surface area contributed by atoms with E-state index in [1.54, 1.807) is 12.1 Å². The summed E-state index contributed by atoms with van der Waals surface area (Å²) in [6.07, 6.45) is 0. The second-order valence-electron chi connectivity index (χ2n) is 2.83. The Bertz CT molecular complexity index is 313. The van der Waals surface area contributed by atoms with Gasteiger partial charge in [0.25, 0.3) is 0 Å². The van der Waals surface area contributed by atoms with Crippen molar-refractivity contribution in [1.82, 2.24) is 0 Å². The Morgan fingerprint density at radius 2 is 2.15 bits per heavy atom. The molecule has 4 heteroatoms. The SMILES string of the molecule is COc1cc(Br)c(C(C)N)cc1O. The van der Waals surface area contributed by atoms with Crippen LogP contribution in [0.1, 0.15) is 18.5 Å². The highest BCUT2D eigenvalue weighted by Gasteiger charge is 2.10. The van der Waals surface area contributed by atoms with E-state index >= 15 is 0 Å². The minimum Gasteiger partial charge on any atom is -0.504 e. The Morgan fingerprint density at radius 1 is 1.54 bits per heavy atom. The first-order chi connectivity index (χ1) is 6.06. The third kappa shape index (κ3) is 2.14. The Hall–Kier alpha value is -0.740. The smallest absolute Gasteiger partial charge is 0.161 e. The van der Waals surface area contributed by atoms with Gasteiger partial charge in [0.2, 0.25) is 0 Å². The van der Waals surface area contributed by atoms with Gasteiger partial charge in [-0.2, -0.15) is 0 Å². The van der Waals surface area contributed by atoms with E-state index in [0.29, 0.717) is 5.75 Å². The molecule has 0 heterocycles. The van der Waals surface area contributed by atoms with Crippen LogP contribution in [0.15, 0.2) is 16.6 Å². The van der Waals surface area contributed by atoms with Gasteiger partial charge in [0.05, 0.1) is 7.11 Å². The zero-order valence-corrected chi connectivity index (χ0v) is 9.13. The van der Waals surface area contributed by atoms with Crippen molar-refractivity contribution in [3.63, 3.8) is 0 Å². The van der Waals surface area contributed by atoms with Crippen molar-refractivity contribution in [3.8, 4) is 11.5 Å². The molecule has 0 aliphatic rings. The van der Waals surface area contributed by atoms with Gasteiger partial charge in [-0.15, -0.1) is 0 Å². The molecule has 1 unspecified atom stereocenters. The van der Waals surface area contributed by atoms with Crippen LogP contribution in [0.4, 0.5) is 0 Å². The summed E-state index contributed by atoms with van der Waals surface area (Å²) >= 11 is 3.35. The molecule has 0 aliphatic heterocycles. The molecule has 3 N–H and O–H groups in total. The quantitative estimate of drug-likeness (QED) is 0.840. The first kappa shape index (κ1) is 10.3. The number of nitrogens with two attached hydrogens (primary N) is 1. The van der Waals surface area contributed by atoms with Crippen LogP contribution in [-0.4, -0.2) is 12.2 Å². The van der Waals surface area contributed by atoms with E-state index in [0.717, 1.165) is 10.0 Å². The third-order valence-electron chi connectivity index (χ3n) is 1.79. The minimum absolute atomic E-state index is 0.109. The largest absolute Gasteiger partial charge is 0.504 e. The van der Waals surface area contributed by atoms with Crippen molar-refractivity contribution in [2.45, 2.75) is 13.0 Å². The topological polar surface area (TPSA) is 55.5 Å². The normalized spacial score (nSPS) is 12.6. The van der Waals surface area contributed by atoms with Crippen molar-refractivity contribution in [2.24, 2.45) is 5.73 Å². The van der Waals surface area contributed by atoms with E-state index < -0.39 is 0 Å². The van der Waals surface area contributed by atoms with E-state index in [2.05, 4.69) is 15.9 Å². The van der Waals surface area contributed by atoms with Gasteiger partial charge < -0.3 is 15.6 Å². The van der Waals surface area contributed by atoms with Gasteiger partial charge in [-0.1, -0.05) is 15.9 Å². The molecule has 0 radical (unpaired) electrons. The third-order valence-corrected chi connectivity index (χ3v) is 2.48. The highest BCUT2D eigenvalue weighted by atomic mass is 79.9. The lowest BCUT2D eigenvalue weighted by Gasteiger charge is -2.11. The molecule has 1 aromatic carbocycles. The van der Waals surface area contributed by atoms with Crippen LogP contribution in [0.5, 0.6) is 11.5 Å². The van der Waals surface area contributed by atoms with E-state index in [4.69, 9.17) is 10.5 Å². The number of methoxy groups -OCH3 is 1. The van der Waals surface area contributed by atoms with Crippen molar-refractivity contribution < 1.29 is 9.84 Å².